The van der Waals surface area contributed by atoms with Crippen molar-refractivity contribution in [1.82, 2.24) is 0 Å². The highest BCUT2D eigenvalue weighted by Gasteiger charge is 2.26. The van der Waals surface area contributed by atoms with Gasteiger partial charge in [-0.05, 0) is 98.8 Å². The van der Waals surface area contributed by atoms with E-state index in [4.69, 9.17) is 85.9 Å². The van der Waals surface area contributed by atoms with Crippen LogP contribution in [0.3, 0.4) is 0 Å². The molecular weight excluding hydrogens is 965 g/mol. The van der Waals surface area contributed by atoms with Crippen LogP contribution in [0.1, 0.15) is 34.6 Å². The monoisotopic (exact) mass is 990 g/mol. The quantitative estimate of drug-likeness (QED) is 0.0426. The number of ether oxygens (including phenoxy) is 1. The van der Waals surface area contributed by atoms with Crippen LogP contribution in [0.4, 0.5) is 34.1 Å². The molecule has 5 aromatic rings. The number of Topliss-reactive ketones (excluding diaryl/α,β-unsaturated/α-hetero) is 2. The van der Waals surface area contributed by atoms with E-state index in [9.17, 15) is 28.8 Å². The summed E-state index contributed by atoms with van der Waals surface area (Å²) in [7, 11) is 0. The second-order valence-corrected chi connectivity index (χ2v) is 15.7. The van der Waals surface area contributed by atoms with Crippen molar-refractivity contribution >= 4 is 151 Å². The maximum Gasteiger partial charge on any atom is 0.258 e. The van der Waals surface area contributed by atoms with Crippen molar-refractivity contribution in [2.75, 3.05) is 27.3 Å². The van der Waals surface area contributed by atoms with Gasteiger partial charge in [-0.15, -0.1) is 0 Å². The third kappa shape index (κ3) is 13.7. The molecule has 0 saturated heterocycles. The molecule has 0 spiro atoms. The zero-order valence-corrected chi connectivity index (χ0v) is 37.6. The molecule has 63 heavy (non-hydrogen) atoms. The first-order valence-corrected chi connectivity index (χ1v) is 20.6. The number of nitrogens with zero attached hydrogens (tertiary/aromatic N) is 4. The Bertz CT molecular complexity index is 2700. The van der Waals surface area contributed by atoms with Gasteiger partial charge in [0.1, 0.15) is 5.75 Å². The van der Waals surface area contributed by atoms with E-state index >= 15 is 0 Å². The lowest BCUT2D eigenvalue weighted by atomic mass is 10.1. The molecule has 0 fully saturated rings. The second-order valence-electron chi connectivity index (χ2n) is 13.0. The number of carbonyl (C=O) groups is 6. The molecule has 0 radical (unpaired) electrons. The number of benzene rings is 5. The number of carbonyl (C=O) groups excluding carboxylic acids is 6. The van der Waals surface area contributed by atoms with E-state index in [1.807, 2.05) is 0 Å². The van der Waals surface area contributed by atoms with E-state index in [2.05, 4.69) is 41.7 Å². The molecular formula is C41H29Cl7N8O7. The summed E-state index contributed by atoms with van der Waals surface area (Å²) in [5.74, 6) is -4.37. The Morgan fingerprint density at radius 2 is 0.952 bits per heavy atom. The smallest absolute Gasteiger partial charge is 0.258 e. The zero-order valence-electron chi connectivity index (χ0n) is 32.3. The molecule has 22 heteroatoms. The highest BCUT2D eigenvalue weighted by molar-refractivity contribution is 6.42. The Balaban J connectivity index is 1.27. The SMILES string of the molecule is CC(=O)C(N=Nc1cc(Cl)cc(C(=O)Nc2ccc(Cl)c(Cl)c2)c1)C(=O)Nc1ccc(NC(=O)C(N=Nc2cc(Cl)cc(C(=O)Nc3ccc(Cl)c(Cl)c3)c2)C(C)=O)c(OCCl)c1. The highest BCUT2D eigenvalue weighted by atomic mass is 35.5. The van der Waals surface area contributed by atoms with Crippen LogP contribution in [0.5, 0.6) is 5.75 Å². The number of anilines is 4. The van der Waals surface area contributed by atoms with Gasteiger partial charge < -0.3 is 26.0 Å². The predicted octanol–water partition coefficient (Wildman–Crippen LogP) is 12.0. The number of hydrogen-bond acceptors (Lipinski definition) is 11. The van der Waals surface area contributed by atoms with Crippen molar-refractivity contribution in [3.63, 3.8) is 0 Å². The molecule has 0 aliphatic heterocycles. The number of amides is 4. The summed E-state index contributed by atoms with van der Waals surface area (Å²) in [6, 6.07) is 17.5. The Morgan fingerprint density at radius 1 is 0.524 bits per heavy atom. The van der Waals surface area contributed by atoms with E-state index in [0.29, 0.717) is 21.4 Å². The van der Waals surface area contributed by atoms with Crippen LogP contribution in [0.25, 0.3) is 0 Å². The molecule has 0 aliphatic rings. The van der Waals surface area contributed by atoms with Gasteiger partial charge in [0.2, 0.25) is 12.1 Å². The van der Waals surface area contributed by atoms with Crippen LogP contribution in [0.2, 0.25) is 30.1 Å². The molecule has 5 aromatic carbocycles. The van der Waals surface area contributed by atoms with Gasteiger partial charge in [-0.2, -0.15) is 20.5 Å². The standard InChI is InChI=1S/C41H29Cl7N8O7/c1-19(57)36(55-53-28-11-21(9-23(43)13-28)38(59)49-25-3-6-30(45)32(47)15-25)40(61)51-27-5-8-34(35(17-27)63-18-42)52-41(62)37(20(2)58)56-54-29-12-22(10-24(44)14-29)39(60)50-26-4-7-31(46)33(48)16-26/h3-17,36-37H,18H2,1-2H3,(H,49,59)(H,50,60)(H,51,61)(H,52,62). The minimum atomic E-state index is -1.67. The fraction of sp³-hybridized carbons (Fsp3) is 0.122. The molecule has 2 atom stereocenters. The van der Waals surface area contributed by atoms with Crippen molar-refractivity contribution in [2.45, 2.75) is 25.9 Å². The summed E-state index contributed by atoms with van der Waals surface area (Å²) in [5, 5.41) is 27.5. The summed E-state index contributed by atoms with van der Waals surface area (Å²) >= 11 is 42.3. The summed E-state index contributed by atoms with van der Waals surface area (Å²) < 4.78 is 5.46. The van der Waals surface area contributed by atoms with Gasteiger partial charge in [0, 0.05) is 44.3 Å². The normalized spacial score (nSPS) is 12.1. The third-order valence-electron chi connectivity index (χ3n) is 8.21. The van der Waals surface area contributed by atoms with Crippen LogP contribution >= 0.6 is 81.2 Å². The van der Waals surface area contributed by atoms with Crippen LogP contribution in [0.15, 0.2) is 111 Å². The van der Waals surface area contributed by atoms with Gasteiger partial charge in [-0.25, -0.2) is 0 Å². The molecule has 4 N–H and O–H groups in total. The minimum Gasteiger partial charge on any atom is -0.476 e. The van der Waals surface area contributed by atoms with E-state index in [1.165, 1.54) is 78.9 Å². The number of halogens is 7. The van der Waals surface area contributed by atoms with Gasteiger partial charge >= 0.3 is 0 Å². The summed E-state index contributed by atoms with van der Waals surface area (Å²) in [4.78, 5) is 77.7. The molecule has 15 nitrogen and oxygen atoms in total. The van der Waals surface area contributed by atoms with Crippen LogP contribution < -0.4 is 26.0 Å². The van der Waals surface area contributed by atoms with Gasteiger partial charge in [-0.3, -0.25) is 28.8 Å². The van der Waals surface area contributed by atoms with Crippen molar-refractivity contribution < 1.29 is 33.5 Å². The maximum atomic E-state index is 13.4. The number of ketones is 2. The first-order valence-electron chi connectivity index (χ1n) is 17.8. The van der Waals surface area contributed by atoms with E-state index < -0.39 is 53.3 Å². The lowest BCUT2D eigenvalue weighted by Crippen LogP contribution is -2.32. The Kier molecular flexibility index (Phi) is 17.0. The molecule has 0 bridgehead atoms. The third-order valence-corrected chi connectivity index (χ3v) is 10.2. The molecule has 0 aromatic heterocycles. The number of nitrogens with one attached hydrogen (secondary N) is 4. The Morgan fingerprint density at radius 3 is 1.38 bits per heavy atom. The van der Waals surface area contributed by atoms with Gasteiger partial charge in [0.15, 0.2) is 17.6 Å². The number of rotatable bonds is 16. The number of azo groups is 2. The highest BCUT2D eigenvalue weighted by Crippen LogP contribution is 2.31. The molecule has 324 valence electrons. The first kappa shape index (κ1) is 48.4. The topological polar surface area (TPSA) is 209 Å². The summed E-state index contributed by atoms with van der Waals surface area (Å²) in [6.45, 7) is 2.25. The fourth-order valence-corrected chi connectivity index (χ4v) is 6.43. The molecule has 2 unspecified atom stereocenters. The average molecular weight is 994 g/mol. The van der Waals surface area contributed by atoms with E-state index in [0.717, 1.165) is 13.8 Å². The zero-order chi connectivity index (χ0) is 46.0. The molecule has 4 amide bonds. The predicted molar refractivity (Wildman–Crippen MR) is 245 cm³/mol. The van der Waals surface area contributed by atoms with Crippen molar-refractivity contribution in [1.29, 1.82) is 0 Å². The summed E-state index contributed by atoms with van der Waals surface area (Å²) in [5.41, 5.74) is 1.11. The molecule has 5 rings (SSSR count). The Hall–Kier alpha value is -5.65. The lowest BCUT2D eigenvalue weighted by Gasteiger charge is -2.15. The number of alkyl halides is 1. The minimum absolute atomic E-state index is 0.0203. The number of hydrogen-bond donors (Lipinski definition) is 4. The lowest BCUT2D eigenvalue weighted by molar-refractivity contribution is -0.127. The molecule has 0 saturated carbocycles. The van der Waals surface area contributed by atoms with Crippen LogP contribution in [-0.2, 0) is 19.2 Å². The Labute approximate surface area is 393 Å². The average Bonchev–Trinajstić information content (AvgIpc) is 3.21. The van der Waals surface area contributed by atoms with Crippen molar-refractivity contribution in [3.05, 3.63) is 132 Å². The van der Waals surface area contributed by atoms with Gasteiger partial charge in [0.05, 0.1) is 37.2 Å². The van der Waals surface area contributed by atoms with E-state index in [-0.39, 0.29) is 59.7 Å². The van der Waals surface area contributed by atoms with E-state index in [1.54, 1.807) is 12.1 Å². The first-order chi connectivity index (χ1) is 29.9. The van der Waals surface area contributed by atoms with Gasteiger partial charge in [0.25, 0.3) is 23.6 Å². The summed E-state index contributed by atoms with van der Waals surface area (Å²) in [6.07, 6.45) is 0. The largest absolute Gasteiger partial charge is 0.476 e. The van der Waals surface area contributed by atoms with Crippen LogP contribution in [-0.4, -0.2) is 53.3 Å². The second kappa shape index (κ2) is 22.1. The molecule has 0 aliphatic carbocycles. The van der Waals surface area contributed by atoms with Crippen molar-refractivity contribution in [2.24, 2.45) is 20.5 Å². The molecule has 0 heterocycles. The maximum absolute atomic E-state index is 13.4. The van der Waals surface area contributed by atoms with Crippen LogP contribution in [0, 0.1) is 0 Å². The van der Waals surface area contributed by atoms with Gasteiger partial charge in [-0.1, -0.05) is 81.2 Å². The fourth-order valence-electron chi connectivity index (χ4n) is 5.26. The van der Waals surface area contributed by atoms with Crippen molar-refractivity contribution in [3.8, 4) is 5.75 Å².